The third-order valence-electron chi connectivity index (χ3n) is 1.29. The molecule has 1 aromatic rings. The number of nitrogens with one attached hydrogen (secondary N) is 1. The molecule has 12 heavy (non-hydrogen) atoms. The zero-order valence-corrected chi connectivity index (χ0v) is 7.50. The first-order valence-electron chi connectivity index (χ1n) is 3.07. The Bertz CT molecular complexity index is 360. The van der Waals surface area contributed by atoms with Crippen molar-refractivity contribution in [2.75, 3.05) is 0 Å². The highest BCUT2D eigenvalue weighted by Gasteiger charge is 2.11. The van der Waals surface area contributed by atoms with Gasteiger partial charge in [0.2, 0.25) is 0 Å². The van der Waals surface area contributed by atoms with Crippen molar-refractivity contribution in [2.45, 2.75) is 5.33 Å². The van der Waals surface area contributed by atoms with Crippen LogP contribution in [0.2, 0.25) is 0 Å². The summed E-state index contributed by atoms with van der Waals surface area (Å²) in [5.41, 5.74) is -0.432. The van der Waals surface area contributed by atoms with Gasteiger partial charge in [-0.2, -0.15) is 0 Å². The van der Waals surface area contributed by atoms with Gasteiger partial charge in [0.1, 0.15) is 0 Å². The van der Waals surface area contributed by atoms with Crippen LogP contribution in [0.25, 0.3) is 0 Å². The molecule has 1 N–H and O–H groups in total. The number of hydrogen-bond acceptors (Lipinski definition) is 3. The molecule has 0 unspecified atom stereocenters. The van der Waals surface area contributed by atoms with Crippen LogP contribution in [-0.2, 0) is 5.33 Å². The second-order valence-electron chi connectivity index (χ2n) is 2.11. The highest BCUT2D eigenvalue weighted by Crippen LogP contribution is 2.08. The van der Waals surface area contributed by atoms with Gasteiger partial charge in [-0.25, -0.2) is 0 Å². The molecule has 5 nitrogen and oxygen atoms in total. The molecule has 0 aliphatic carbocycles. The lowest BCUT2D eigenvalue weighted by Gasteiger charge is -1.93. The average Bonchev–Trinajstić information content (AvgIpc) is 2.05. The minimum Gasteiger partial charge on any atom is -0.323 e. The Balaban J connectivity index is 3.26. The number of nitrogens with zero attached hydrogens (tertiary/aromatic N) is 1. The first-order valence-corrected chi connectivity index (χ1v) is 4.19. The van der Waals surface area contributed by atoms with Gasteiger partial charge >= 0.3 is 11.2 Å². The summed E-state index contributed by atoms with van der Waals surface area (Å²) in [6, 6.07) is 1.24. The number of pyridine rings is 1. The van der Waals surface area contributed by atoms with E-state index in [1.807, 2.05) is 0 Å². The summed E-state index contributed by atoms with van der Waals surface area (Å²) >= 11 is 3.12. The number of hydrogen-bond donors (Lipinski definition) is 1. The van der Waals surface area contributed by atoms with Gasteiger partial charge in [0.05, 0.1) is 4.92 Å². The SMILES string of the molecule is O=c1[nH]cc(CBr)cc1[N+](=O)[O-]. The van der Waals surface area contributed by atoms with E-state index < -0.39 is 16.2 Å². The fourth-order valence-electron chi connectivity index (χ4n) is 0.728. The summed E-state index contributed by atoms with van der Waals surface area (Å²) in [5, 5.41) is 10.7. The molecule has 0 fully saturated rings. The molecule has 0 saturated heterocycles. The Labute approximate surface area is 75.7 Å². The van der Waals surface area contributed by atoms with E-state index >= 15 is 0 Å². The quantitative estimate of drug-likeness (QED) is 0.473. The van der Waals surface area contributed by atoms with Gasteiger partial charge in [0.15, 0.2) is 0 Å². The smallest absolute Gasteiger partial charge is 0.323 e. The van der Waals surface area contributed by atoms with Crippen LogP contribution in [0.15, 0.2) is 17.1 Å². The summed E-state index contributed by atoms with van der Waals surface area (Å²) < 4.78 is 0. The van der Waals surface area contributed by atoms with Gasteiger partial charge in [0.25, 0.3) is 0 Å². The predicted molar refractivity (Wildman–Crippen MR) is 46.3 cm³/mol. The minimum absolute atomic E-state index is 0.424. The molecule has 0 aliphatic rings. The molecule has 0 aliphatic heterocycles. The van der Waals surface area contributed by atoms with E-state index in [0.29, 0.717) is 10.9 Å². The maximum Gasteiger partial charge on any atom is 0.334 e. The van der Waals surface area contributed by atoms with Crippen molar-refractivity contribution >= 4 is 21.6 Å². The zero-order chi connectivity index (χ0) is 9.14. The minimum atomic E-state index is -0.703. The van der Waals surface area contributed by atoms with E-state index in [4.69, 9.17) is 0 Å². The van der Waals surface area contributed by atoms with E-state index in [0.717, 1.165) is 0 Å². The Hall–Kier alpha value is -1.17. The number of aromatic nitrogens is 1. The second kappa shape index (κ2) is 3.48. The van der Waals surface area contributed by atoms with Crippen molar-refractivity contribution in [1.29, 1.82) is 0 Å². The first kappa shape index (κ1) is 8.92. The Kier molecular flexibility index (Phi) is 2.59. The van der Waals surface area contributed by atoms with Crippen LogP contribution in [0.4, 0.5) is 5.69 Å². The molecular formula is C6H5BrN2O3. The summed E-state index contributed by atoms with van der Waals surface area (Å²) in [6.45, 7) is 0. The highest BCUT2D eigenvalue weighted by atomic mass is 79.9. The van der Waals surface area contributed by atoms with Gasteiger partial charge < -0.3 is 4.98 Å². The number of halogens is 1. The molecule has 0 spiro atoms. The lowest BCUT2D eigenvalue weighted by molar-refractivity contribution is -0.386. The van der Waals surface area contributed by atoms with Gasteiger partial charge in [-0.3, -0.25) is 14.9 Å². The van der Waals surface area contributed by atoms with Gasteiger partial charge in [0, 0.05) is 17.6 Å². The molecule has 0 bridgehead atoms. The van der Waals surface area contributed by atoms with Crippen molar-refractivity contribution in [1.82, 2.24) is 4.98 Å². The molecule has 1 rings (SSSR count). The molecule has 0 atom stereocenters. The van der Waals surface area contributed by atoms with E-state index in [1.165, 1.54) is 12.3 Å². The van der Waals surface area contributed by atoms with E-state index in [9.17, 15) is 14.9 Å². The van der Waals surface area contributed by atoms with E-state index in [2.05, 4.69) is 20.9 Å². The molecule has 0 radical (unpaired) electrons. The van der Waals surface area contributed by atoms with E-state index in [-0.39, 0.29) is 0 Å². The number of rotatable bonds is 2. The molecule has 0 amide bonds. The Morgan fingerprint density at radius 2 is 2.33 bits per heavy atom. The third kappa shape index (κ3) is 1.70. The highest BCUT2D eigenvalue weighted by molar-refractivity contribution is 9.08. The largest absolute Gasteiger partial charge is 0.334 e. The summed E-state index contributed by atoms with van der Waals surface area (Å²) in [5.74, 6) is 0. The van der Waals surface area contributed by atoms with Crippen LogP contribution in [0.3, 0.4) is 0 Å². The Morgan fingerprint density at radius 1 is 1.67 bits per heavy atom. The monoisotopic (exact) mass is 232 g/mol. The van der Waals surface area contributed by atoms with Gasteiger partial charge in [-0.15, -0.1) is 0 Å². The molecule has 1 aromatic heterocycles. The number of alkyl halides is 1. The van der Waals surface area contributed by atoms with Crippen LogP contribution >= 0.6 is 15.9 Å². The van der Waals surface area contributed by atoms with Gasteiger partial charge in [-0.1, -0.05) is 15.9 Å². The topological polar surface area (TPSA) is 76.0 Å². The third-order valence-corrected chi connectivity index (χ3v) is 1.94. The fraction of sp³-hybridized carbons (Fsp3) is 0.167. The summed E-state index contributed by atoms with van der Waals surface area (Å²) in [6.07, 6.45) is 1.43. The van der Waals surface area contributed by atoms with Crippen LogP contribution in [0.1, 0.15) is 5.56 Å². The lowest BCUT2D eigenvalue weighted by Crippen LogP contribution is -2.11. The van der Waals surface area contributed by atoms with Crippen LogP contribution in [0, 0.1) is 10.1 Å². The normalized spacial score (nSPS) is 9.75. The molecule has 1 heterocycles. The predicted octanol–water partition coefficient (Wildman–Crippen LogP) is 1.18. The molecule has 6 heteroatoms. The first-order chi connectivity index (χ1) is 5.65. The second-order valence-corrected chi connectivity index (χ2v) is 2.67. The lowest BCUT2D eigenvalue weighted by atomic mass is 10.3. The summed E-state index contributed by atoms with van der Waals surface area (Å²) in [4.78, 5) is 22.6. The van der Waals surface area contributed by atoms with Gasteiger partial charge in [-0.05, 0) is 5.56 Å². The average molecular weight is 233 g/mol. The van der Waals surface area contributed by atoms with Crippen molar-refractivity contribution in [3.63, 3.8) is 0 Å². The Morgan fingerprint density at radius 3 is 2.83 bits per heavy atom. The van der Waals surface area contributed by atoms with Crippen molar-refractivity contribution in [3.05, 3.63) is 38.3 Å². The standard InChI is InChI=1S/C6H5BrN2O3/c7-2-4-1-5(9(11)12)6(10)8-3-4/h1,3H,2H2,(H,8,10). The fourth-order valence-corrected chi connectivity index (χ4v) is 1.05. The number of H-pyrrole nitrogens is 1. The van der Waals surface area contributed by atoms with Crippen molar-refractivity contribution in [2.24, 2.45) is 0 Å². The van der Waals surface area contributed by atoms with Crippen molar-refractivity contribution in [3.8, 4) is 0 Å². The maximum absolute atomic E-state index is 10.8. The zero-order valence-electron chi connectivity index (χ0n) is 5.91. The molecule has 0 saturated carbocycles. The maximum atomic E-state index is 10.8. The molecular weight excluding hydrogens is 228 g/mol. The molecule has 64 valence electrons. The van der Waals surface area contributed by atoms with Crippen molar-refractivity contribution < 1.29 is 4.92 Å². The number of aromatic amines is 1. The van der Waals surface area contributed by atoms with Crippen LogP contribution < -0.4 is 5.56 Å². The van der Waals surface area contributed by atoms with Crippen LogP contribution in [-0.4, -0.2) is 9.91 Å². The van der Waals surface area contributed by atoms with E-state index in [1.54, 1.807) is 0 Å². The summed E-state index contributed by atoms with van der Waals surface area (Å²) in [7, 11) is 0. The number of nitro groups is 1. The molecule has 0 aromatic carbocycles. The van der Waals surface area contributed by atoms with Crippen LogP contribution in [0.5, 0.6) is 0 Å².